The fourth-order valence-electron chi connectivity index (χ4n) is 1.24. The molecule has 0 spiro atoms. The Morgan fingerprint density at radius 1 is 1.56 bits per heavy atom. The molecule has 0 radical (unpaired) electrons. The molecule has 0 bridgehead atoms. The van der Waals surface area contributed by atoms with Crippen molar-refractivity contribution < 1.29 is 14.6 Å². The highest BCUT2D eigenvalue weighted by Crippen LogP contribution is 2.25. The van der Waals surface area contributed by atoms with Crippen LogP contribution in [0.4, 0.5) is 0 Å². The fourth-order valence-corrected chi connectivity index (χ4v) is 1.50. The summed E-state index contributed by atoms with van der Waals surface area (Å²) in [5, 5.41) is 8.97. The molecule has 0 unspecified atom stereocenters. The van der Waals surface area contributed by atoms with Gasteiger partial charge in [0.1, 0.15) is 5.75 Å². The number of carbonyl (C=O) groups is 1. The first-order chi connectivity index (χ1) is 7.63. The number of hydrogen-bond donors (Lipinski definition) is 1. The smallest absolute Gasteiger partial charge is 0.327 e. The van der Waals surface area contributed by atoms with Gasteiger partial charge in [0.05, 0.1) is 11.6 Å². The van der Waals surface area contributed by atoms with E-state index in [1.165, 1.54) is 0 Å². The quantitative estimate of drug-likeness (QED) is 0.805. The third kappa shape index (κ3) is 3.95. The summed E-state index contributed by atoms with van der Waals surface area (Å²) in [5.41, 5.74) is 0.950. The molecule has 0 amide bonds. The van der Waals surface area contributed by atoms with E-state index in [0.717, 1.165) is 11.6 Å². The van der Waals surface area contributed by atoms with Crippen molar-refractivity contribution in [3.63, 3.8) is 0 Å². The van der Waals surface area contributed by atoms with E-state index in [4.69, 9.17) is 21.4 Å². The Bertz CT molecular complexity index is 399. The number of hydrogen-bond acceptors (Lipinski definition) is 2. The van der Waals surface area contributed by atoms with Crippen LogP contribution in [0.3, 0.4) is 0 Å². The second-order valence-corrected chi connectivity index (χ2v) is 3.55. The van der Waals surface area contributed by atoms with Crippen LogP contribution in [-0.2, 0) is 11.2 Å². The normalized spacial score (nSPS) is 10.6. The molecule has 1 rings (SSSR count). The Kier molecular flexibility index (Phi) is 4.86. The molecule has 0 fully saturated rings. The summed E-state index contributed by atoms with van der Waals surface area (Å²) in [6.45, 7) is 2.46. The van der Waals surface area contributed by atoms with Crippen molar-refractivity contribution in [3.8, 4) is 5.75 Å². The van der Waals surface area contributed by atoms with E-state index in [2.05, 4.69) is 0 Å². The van der Waals surface area contributed by atoms with Crippen LogP contribution < -0.4 is 4.74 Å². The zero-order valence-corrected chi connectivity index (χ0v) is 9.70. The first-order valence-corrected chi connectivity index (χ1v) is 5.32. The molecule has 0 aliphatic carbocycles. The van der Waals surface area contributed by atoms with E-state index in [-0.39, 0.29) is 0 Å². The Balaban J connectivity index is 2.69. The second kappa shape index (κ2) is 6.18. The Morgan fingerprint density at radius 3 is 2.88 bits per heavy atom. The zero-order chi connectivity index (χ0) is 12.0. The van der Waals surface area contributed by atoms with Gasteiger partial charge in [-0.3, -0.25) is 0 Å². The van der Waals surface area contributed by atoms with Gasteiger partial charge < -0.3 is 9.84 Å². The van der Waals surface area contributed by atoms with Gasteiger partial charge in [-0.05, 0) is 31.0 Å². The van der Waals surface area contributed by atoms with E-state index in [0.29, 0.717) is 23.8 Å². The maximum Gasteiger partial charge on any atom is 0.327 e. The lowest BCUT2D eigenvalue weighted by Gasteiger charge is -2.06. The molecule has 16 heavy (non-hydrogen) atoms. The molecule has 1 N–H and O–H groups in total. The number of carboxylic acid groups (broad SMARTS) is 1. The third-order valence-corrected chi connectivity index (χ3v) is 2.21. The molecular weight excluding hydrogens is 228 g/mol. The molecule has 1 aromatic rings. The average Bonchev–Trinajstić information content (AvgIpc) is 2.21. The van der Waals surface area contributed by atoms with Crippen molar-refractivity contribution in [2.24, 2.45) is 0 Å². The molecule has 0 saturated carbocycles. The molecule has 86 valence electrons. The van der Waals surface area contributed by atoms with Crippen LogP contribution in [0.2, 0.25) is 5.02 Å². The van der Waals surface area contributed by atoms with E-state index < -0.39 is 5.97 Å². The van der Waals surface area contributed by atoms with Crippen LogP contribution in [0.25, 0.3) is 0 Å². The van der Waals surface area contributed by atoms with Crippen LogP contribution in [0.5, 0.6) is 5.75 Å². The molecule has 1 aromatic carbocycles. The van der Waals surface area contributed by atoms with E-state index in [1.54, 1.807) is 18.2 Å². The predicted molar refractivity (Wildman–Crippen MR) is 63.1 cm³/mol. The van der Waals surface area contributed by atoms with Gasteiger partial charge in [-0.15, -0.1) is 0 Å². The van der Waals surface area contributed by atoms with E-state index >= 15 is 0 Å². The highest BCUT2D eigenvalue weighted by Gasteiger charge is 2.01. The van der Waals surface area contributed by atoms with Gasteiger partial charge in [0.2, 0.25) is 0 Å². The Morgan fingerprint density at radius 2 is 2.31 bits per heavy atom. The lowest BCUT2D eigenvalue weighted by Crippen LogP contribution is -1.93. The zero-order valence-electron chi connectivity index (χ0n) is 8.94. The number of halogens is 1. The summed E-state index contributed by atoms with van der Waals surface area (Å²) in [4.78, 5) is 10.3. The number of aliphatic carboxylic acids is 1. The van der Waals surface area contributed by atoms with Gasteiger partial charge in [0.15, 0.2) is 0 Å². The molecule has 0 aliphatic rings. The largest absolute Gasteiger partial charge is 0.492 e. The Hall–Kier alpha value is -1.48. The SMILES string of the molecule is CCOc1ccc(C/C=C/C(=O)O)cc1Cl. The van der Waals surface area contributed by atoms with Crippen molar-refractivity contribution in [1.82, 2.24) is 0 Å². The summed E-state index contributed by atoms with van der Waals surface area (Å²) in [5.74, 6) is -0.299. The average molecular weight is 241 g/mol. The van der Waals surface area contributed by atoms with Gasteiger partial charge >= 0.3 is 5.97 Å². The molecular formula is C12H13ClO3. The van der Waals surface area contributed by atoms with Crippen molar-refractivity contribution in [1.29, 1.82) is 0 Å². The molecule has 0 atom stereocenters. The number of ether oxygens (including phenoxy) is 1. The minimum absolute atomic E-state index is 0.540. The lowest BCUT2D eigenvalue weighted by atomic mass is 10.1. The monoisotopic (exact) mass is 240 g/mol. The third-order valence-electron chi connectivity index (χ3n) is 1.91. The first-order valence-electron chi connectivity index (χ1n) is 4.94. The molecule has 4 heteroatoms. The minimum Gasteiger partial charge on any atom is -0.492 e. The standard InChI is InChI=1S/C12H13ClO3/c1-2-16-11-7-6-9(8-10(11)13)4-3-5-12(14)15/h3,5-8H,2,4H2,1H3,(H,14,15)/b5-3+. The van der Waals surface area contributed by atoms with Gasteiger partial charge in [-0.1, -0.05) is 23.7 Å². The van der Waals surface area contributed by atoms with Crippen LogP contribution in [-0.4, -0.2) is 17.7 Å². The lowest BCUT2D eigenvalue weighted by molar-refractivity contribution is -0.131. The molecule has 0 heterocycles. The predicted octanol–water partition coefficient (Wildman–Crippen LogP) is 2.92. The van der Waals surface area contributed by atoms with E-state index in [1.807, 2.05) is 13.0 Å². The highest BCUT2D eigenvalue weighted by atomic mass is 35.5. The molecule has 0 aromatic heterocycles. The van der Waals surface area contributed by atoms with E-state index in [9.17, 15) is 4.79 Å². The Labute approximate surface area is 99.3 Å². The fraction of sp³-hybridized carbons (Fsp3) is 0.250. The number of allylic oxidation sites excluding steroid dienone is 1. The summed E-state index contributed by atoms with van der Waals surface area (Å²) in [6.07, 6.45) is 3.23. The maximum absolute atomic E-state index is 10.3. The summed E-state index contributed by atoms with van der Waals surface area (Å²) in [6, 6.07) is 5.43. The van der Waals surface area contributed by atoms with Gasteiger partial charge in [-0.2, -0.15) is 0 Å². The number of carboxylic acids is 1. The summed E-state index contributed by atoms with van der Waals surface area (Å²) in [7, 11) is 0. The first kappa shape index (κ1) is 12.6. The molecule has 0 aliphatic heterocycles. The van der Waals surface area contributed by atoms with Crippen molar-refractivity contribution in [3.05, 3.63) is 40.9 Å². The highest BCUT2D eigenvalue weighted by molar-refractivity contribution is 6.32. The van der Waals surface area contributed by atoms with Crippen molar-refractivity contribution in [2.75, 3.05) is 6.61 Å². The molecule has 0 saturated heterocycles. The molecule has 3 nitrogen and oxygen atoms in total. The minimum atomic E-state index is -0.947. The second-order valence-electron chi connectivity index (χ2n) is 3.14. The van der Waals surface area contributed by atoms with Crippen molar-refractivity contribution >= 4 is 17.6 Å². The topological polar surface area (TPSA) is 46.5 Å². The summed E-state index contributed by atoms with van der Waals surface area (Å²) < 4.78 is 5.29. The maximum atomic E-state index is 10.3. The van der Waals surface area contributed by atoms with Gasteiger partial charge in [0.25, 0.3) is 0 Å². The van der Waals surface area contributed by atoms with Crippen LogP contribution >= 0.6 is 11.6 Å². The van der Waals surface area contributed by atoms with Crippen LogP contribution in [0, 0.1) is 0 Å². The van der Waals surface area contributed by atoms with Gasteiger partial charge in [-0.25, -0.2) is 4.79 Å². The van der Waals surface area contributed by atoms with Crippen molar-refractivity contribution in [2.45, 2.75) is 13.3 Å². The number of benzene rings is 1. The van der Waals surface area contributed by atoms with Crippen LogP contribution in [0.1, 0.15) is 12.5 Å². The van der Waals surface area contributed by atoms with Crippen LogP contribution in [0.15, 0.2) is 30.4 Å². The van der Waals surface area contributed by atoms with Gasteiger partial charge in [0, 0.05) is 6.08 Å². The summed E-state index contributed by atoms with van der Waals surface area (Å²) >= 11 is 5.98. The number of rotatable bonds is 5.